The van der Waals surface area contributed by atoms with Gasteiger partial charge >= 0.3 is 0 Å². The summed E-state index contributed by atoms with van der Waals surface area (Å²) in [5, 5.41) is 9.58. The molecule has 0 bridgehead atoms. The molecule has 11 heavy (non-hydrogen) atoms. The molecule has 0 saturated heterocycles. The molecule has 2 nitrogen and oxygen atoms in total. The molecule has 1 aromatic carbocycles. The number of hydrogen-bond acceptors (Lipinski definition) is 2. The number of ether oxygens (including phenoxy) is 1. The first-order valence-corrected chi connectivity index (χ1v) is 4.00. The van der Waals surface area contributed by atoms with Crippen molar-refractivity contribution in [3.63, 3.8) is 0 Å². The van der Waals surface area contributed by atoms with E-state index >= 15 is 0 Å². The Kier molecular flexibility index (Phi) is 3.34. The van der Waals surface area contributed by atoms with E-state index in [1.165, 1.54) is 0 Å². The Morgan fingerprint density at radius 2 is 1.91 bits per heavy atom. The molecule has 0 amide bonds. The van der Waals surface area contributed by atoms with Crippen molar-refractivity contribution < 1.29 is 9.84 Å². The molecule has 1 rings (SSSR count). The topological polar surface area (TPSA) is 29.5 Å². The van der Waals surface area contributed by atoms with Crippen LogP contribution < -0.4 is 10.0 Å². The Hall–Kier alpha value is -0.590. The zero-order valence-corrected chi connectivity index (χ0v) is 7.31. The highest BCUT2D eigenvalue weighted by Crippen LogP contribution is 2.07. The van der Waals surface area contributed by atoms with Crippen LogP contribution >= 0.6 is 9.24 Å². The summed E-state index contributed by atoms with van der Waals surface area (Å²) in [6.07, 6.45) is 0. The number of benzene rings is 1. The monoisotopic (exact) mass is 170 g/mol. The van der Waals surface area contributed by atoms with Crippen LogP contribution in [0, 0.1) is 0 Å². The van der Waals surface area contributed by atoms with Crippen LogP contribution in [0.2, 0.25) is 0 Å². The molecule has 0 aromatic heterocycles. The summed E-state index contributed by atoms with van der Waals surface area (Å²) in [4.78, 5) is 0. The minimum Gasteiger partial charge on any atom is -0.491 e. The van der Waals surface area contributed by atoms with E-state index in [-0.39, 0.29) is 6.61 Å². The second kappa shape index (κ2) is 4.32. The summed E-state index contributed by atoms with van der Waals surface area (Å²) in [5.41, 5.74) is 0. The first kappa shape index (κ1) is 8.51. The maximum Gasteiger partial charge on any atom is 0.119 e. The fourth-order valence-electron chi connectivity index (χ4n) is 0.728. The van der Waals surface area contributed by atoms with Crippen LogP contribution in [0.25, 0.3) is 0 Å². The van der Waals surface area contributed by atoms with E-state index in [4.69, 9.17) is 9.84 Å². The van der Waals surface area contributed by atoms with E-state index in [9.17, 15) is 0 Å². The number of aliphatic hydroxyl groups is 1. The number of hydrogen-bond donors (Lipinski definition) is 1. The molecular formula is C8H11O2P. The molecule has 1 N–H and O–H groups in total. The van der Waals surface area contributed by atoms with Gasteiger partial charge in [-0.05, 0) is 17.4 Å². The van der Waals surface area contributed by atoms with Crippen LogP contribution in [0.5, 0.6) is 5.75 Å². The summed E-state index contributed by atoms with van der Waals surface area (Å²) < 4.78 is 5.15. The summed E-state index contributed by atoms with van der Waals surface area (Å²) in [6.45, 7) is 0.416. The molecule has 1 aromatic rings. The van der Waals surface area contributed by atoms with E-state index in [1.54, 1.807) is 0 Å². The van der Waals surface area contributed by atoms with Crippen molar-refractivity contribution in [3.05, 3.63) is 24.3 Å². The van der Waals surface area contributed by atoms with Crippen molar-refractivity contribution in [2.75, 3.05) is 13.2 Å². The molecule has 0 aliphatic heterocycles. The van der Waals surface area contributed by atoms with E-state index in [0.29, 0.717) is 6.61 Å². The summed E-state index contributed by atoms with van der Waals surface area (Å²) in [7, 11) is 2.59. The summed E-state index contributed by atoms with van der Waals surface area (Å²) in [6, 6.07) is 7.63. The number of aliphatic hydroxyl groups excluding tert-OH is 1. The van der Waals surface area contributed by atoms with Crippen LogP contribution in [0.4, 0.5) is 0 Å². The molecule has 0 radical (unpaired) electrons. The van der Waals surface area contributed by atoms with Crippen LogP contribution in [0.15, 0.2) is 24.3 Å². The standard InChI is InChI=1S/C8H11O2P/c9-5-6-10-7-1-3-8(11)4-2-7/h1-4,9H,5-6,11H2. The highest BCUT2D eigenvalue weighted by molar-refractivity contribution is 7.27. The largest absolute Gasteiger partial charge is 0.491 e. The highest BCUT2D eigenvalue weighted by Gasteiger charge is 1.90. The summed E-state index contributed by atoms with van der Waals surface area (Å²) in [5.74, 6) is 0.797. The van der Waals surface area contributed by atoms with E-state index in [1.807, 2.05) is 24.3 Å². The van der Waals surface area contributed by atoms with Crippen molar-refractivity contribution in [2.45, 2.75) is 0 Å². The van der Waals surface area contributed by atoms with Crippen molar-refractivity contribution in [3.8, 4) is 5.75 Å². The van der Waals surface area contributed by atoms with Gasteiger partial charge in [0, 0.05) is 0 Å². The molecular weight excluding hydrogens is 159 g/mol. The molecule has 0 aliphatic rings. The van der Waals surface area contributed by atoms with Gasteiger partial charge in [0.15, 0.2) is 0 Å². The van der Waals surface area contributed by atoms with Crippen LogP contribution in [-0.4, -0.2) is 18.3 Å². The Bertz CT molecular complexity index is 208. The van der Waals surface area contributed by atoms with Crippen LogP contribution in [-0.2, 0) is 0 Å². The summed E-state index contributed by atoms with van der Waals surface area (Å²) >= 11 is 0. The van der Waals surface area contributed by atoms with Gasteiger partial charge in [0.25, 0.3) is 0 Å². The molecule has 0 fully saturated rings. The SMILES string of the molecule is OCCOc1ccc(P)cc1. The van der Waals surface area contributed by atoms with Gasteiger partial charge in [0.05, 0.1) is 6.61 Å². The average molecular weight is 170 g/mol. The van der Waals surface area contributed by atoms with Gasteiger partial charge in [-0.25, -0.2) is 0 Å². The normalized spacial score (nSPS) is 9.64. The third-order valence-corrected chi connectivity index (χ3v) is 1.63. The lowest BCUT2D eigenvalue weighted by atomic mass is 10.3. The van der Waals surface area contributed by atoms with Crippen molar-refractivity contribution in [1.82, 2.24) is 0 Å². The minimum absolute atomic E-state index is 0.0582. The maximum absolute atomic E-state index is 8.45. The fraction of sp³-hybridized carbons (Fsp3) is 0.250. The van der Waals surface area contributed by atoms with Gasteiger partial charge in [0.2, 0.25) is 0 Å². The quantitative estimate of drug-likeness (QED) is 0.671. The van der Waals surface area contributed by atoms with Crippen molar-refractivity contribution >= 4 is 14.5 Å². The molecule has 3 heteroatoms. The third-order valence-electron chi connectivity index (χ3n) is 1.24. The van der Waals surface area contributed by atoms with Crippen LogP contribution in [0.3, 0.4) is 0 Å². The van der Waals surface area contributed by atoms with Crippen molar-refractivity contribution in [1.29, 1.82) is 0 Å². The maximum atomic E-state index is 8.45. The second-order valence-corrected chi connectivity index (χ2v) is 2.81. The lowest BCUT2D eigenvalue weighted by molar-refractivity contribution is 0.201. The first-order chi connectivity index (χ1) is 5.33. The van der Waals surface area contributed by atoms with Gasteiger partial charge < -0.3 is 9.84 Å². The molecule has 1 unspecified atom stereocenters. The first-order valence-electron chi connectivity index (χ1n) is 3.42. The Morgan fingerprint density at radius 1 is 1.27 bits per heavy atom. The number of rotatable bonds is 3. The third kappa shape index (κ3) is 2.87. The molecule has 0 heterocycles. The molecule has 1 atom stereocenters. The highest BCUT2D eigenvalue weighted by atomic mass is 31.0. The molecule has 60 valence electrons. The van der Waals surface area contributed by atoms with Gasteiger partial charge in [-0.3, -0.25) is 0 Å². The van der Waals surface area contributed by atoms with Crippen LogP contribution in [0.1, 0.15) is 0 Å². The van der Waals surface area contributed by atoms with Gasteiger partial charge in [0.1, 0.15) is 12.4 Å². The smallest absolute Gasteiger partial charge is 0.119 e. The zero-order valence-electron chi connectivity index (χ0n) is 6.16. The fourth-order valence-corrected chi connectivity index (χ4v) is 0.920. The van der Waals surface area contributed by atoms with Crippen molar-refractivity contribution in [2.24, 2.45) is 0 Å². The Morgan fingerprint density at radius 3 is 2.45 bits per heavy atom. The lowest BCUT2D eigenvalue weighted by Crippen LogP contribution is -2.02. The molecule has 0 aliphatic carbocycles. The Labute approximate surface area is 68.4 Å². The minimum atomic E-state index is 0.0582. The molecule has 0 saturated carbocycles. The van der Waals surface area contributed by atoms with Gasteiger partial charge in [-0.15, -0.1) is 9.24 Å². The predicted molar refractivity (Wildman–Crippen MR) is 48.4 cm³/mol. The van der Waals surface area contributed by atoms with Gasteiger partial charge in [-0.1, -0.05) is 12.1 Å². The van der Waals surface area contributed by atoms with E-state index in [2.05, 4.69) is 9.24 Å². The molecule has 0 spiro atoms. The van der Waals surface area contributed by atoms with E-state index < -0.39 is 0 Å². The average Bonchev–Trinajstić information content (AvgIpc) is 2.04. The van der Waals surface area contributed by atoms with E-state index in [0.717, 1.165) is 11.1 Å². The zero-order chi connectivity index (χ0) is 8.10. The van der Waals surface area contributed by atoms with Gasteiger partial charge in [-0.2, -0.15) is 0 Å². The Balaban J connectivity index is 2.52. The lowest BCUT2D eigenvalue weighted by Gasteiger charge is -2.02. The second-order valence-electron chi connectivity index (χ2n) is 2.14. The predicted octanol–water partition coefficient (Wildman–Crippen LogP) is 0.558.